The lowest BCUT2D eigenvalue weighted by molar-refractivity contribution is -0.120. The first-order chi connectivity index (χ1) is 8.66. The normalized spacial score (nSPS) is 16.3. The Bertz CT molecular complexity index is 418. The van der Waals surface area contributed by atoms with Crippen LogP contribution in [-0.2, 0) is 4.79 Å². The quantitative estimate of drug-likeness (QED) is 0.831. The monoisotopic (exact) mass is 266 g/mol. The molecule has 0 radical (unpaired) electrons. The van der Waals surface area contributed by atoms with Crippen molar-refractivity contribution in [3.05, 3.63) is 34.9 Å². The van der Waals surface area contributed by atoms with Gasteiger partial charge in [0, 0.05) is 17.6 Å². The Hall–Kier alpha value is -1.06. The Morgan fingerprint density at radius 2 is 2.17 bits per heavy atom. The average molecular weight is 267 g/mol. The van der Waals surface area contributed by atoms with Gasteiger partial charge in [0.2, 0.25) is 5.91 Å². The summed E-state index contributed by atoms with van der Waals surface area (Å²) in [5.74, 6) is 0.774. The molecule has 2 rings (SSSR count). The minimum atomic E-state index is 0.0563. The van der Waals surface area contributed by atoms with Crippen molar-refractivity contribution >= 4 is 17.5 Å². The van der Waals surface area contributed by atoms with Crippen molar-refractivity contribution in [3.8, 4) is 0 Å². The molecule has 0 bridgehead atoms. The second-order valence-electron chi connectivity index (χ2n) is 4.87. The van der Waals surface area contributed by atoms with Crippen LogP contribution in [0.3, 0.4) is 0 Å². The fraction of sp³-hybridized carbons (Fsp3) is 0.500. The number of carbonyl (C=O) groups excluding carboxylic acids is 1. The summed E-state index contributed by atoms with van der Waals surface area (Å²) in [5, 5.41) is 6.85. The molecule has 1 atom stereocenters. The van der Waals surface area contributed by atoms with Crippen molar-refractivity contribution in [2.45, 2.75) is 25.8 Å². The predicted molar refractivity (Wildman–Crippen MR) is 73.6 cm³/mol. The molecule has 0 heterocycles. The Labute approximate surface area is 113 Å². The van der Waals surface area contributed by atoms with Crippen LogP contribution < -0.4 is 10.6 Å². The number of halogens is 1. The first-order valence-corrected chi connectivity index (χ1v) is 6.79. The van der Waals surface area contributed by atoms with Gasteiger partial charge in [-0.15, -0.1) is 0 Å². The van der Waals surface area contributed by atoms with Gasteiger partial charge in [-0.1, -0.05) is 29.8 Å². The topological polar surface area (TPSA) is 41.1 Å². The van der Waals surface area contributed by atoms with E-state index in [1.807, 2.05) is 31.2 Å². The van der Waals surface area contributed by atoms with E-state index in [1.165, 1.54) is 12.8 Å². The van der Waals surface area contributed by atoms with Crippen LogP contribution in [0.25, 0.3) is 0 Å². The largest absolute Gasteiger partial charge is 0.355 e. The van der Waals surface area contributed by atoms with Crippen molar-refractivity contribution in [3.63, 3.8) is 0 Å². The van der Waals surface area contributed by atoms with E-state index in [-0.39, 0.29) is 11.9 Å². The van der Waals surface area contributed by atoms with Gasteiger partial charge in [0.15, 0.2) is 0 Å². The summed E-state index contributed by atoms with van der Waals surface area (Å²) < 4.78 is 0. The van der Waals surface area contributed by atoms with E-state index in [1.54, 1.807) is 0 Å². The molecule has 18 heavy (non-hydrogen) atoms. The molecule has 0 aliphatic heterocycles. The zero-order valence-electron chi connectivity index (χ0n) is 10.6. The lowest BCUT2D eigenvalue weighted by atomic mass is 10.1. The van der Waals surface area contributed by atoms with E-state index in [9.17, 15) is 4.79 Å². The summed E-state index contributed by atoms with van der Waals surface area (Å²) in [6.45, 7) is 3.16. The molecule has 3 nitrogen and oxygen atoms in total. The molecule has 0 aromatic heterocycles. The molecule has 1 aliphatic rings. The highest BCUT2D eigenvalue weighted by Gasteiger charge is 2.21. The third-order valence-corrected chi connectivity index (χ3v) is 3.57. The molecule has 0 spiro atoms. The van der Waals surface area contributed by atoms with Gasteiger partial charge in [-0.2, -0.15) is 0 Å². The molecule has 1 aliphatic carbocycles. The summed E-state index contributed by atoms with van der Waals surface area (Å²) in [7, 11) is 0. The van der Waals surface area contributed by atoms with E-state index < -0.39 is 0 Å². The first-order valence-electron chi connectivity index (χ1n) is 6.41. The van der Waals surface area contributed by atoms with Crippen LogP contribution in [0.15, 0.2) is 24.3 Å². The summed E-state index contributed by atoms with van der Waals surface area (Å²) >= 11 is 6.10. The van der Waals surface area contributed by atoms with Crippen LogP contribution in [0.4, 0.5) is 0 Å². The fourth-order valence-electron chi connectivity index (χ4n) is 1.82. The molecule has 4 heteroatoms. The smallest absolute Gasteiger partial charge is 0.233 e. The Kier molecular flexibility index (Phi) is 4.61. The molecule has 0 saturated heterocycles. The van der Waals surface area contributed by atoms with Crippen LogP contribution in [0.1, 0.15) is 31.4 Å². The summed E-state index contributed by atoms with van der Waals surface area (Å²) in [5.41, 5.74) is 1.02. The molecule has 98 valence electrons. The number of carbonyl (C=O) groups is 1. The van der Waals surface area contributed by atoms with Gasteiger partial charge in [-0.25, -0.2) is 0 Å². The minimum Gasteiger partial charge on any atom is -0.355 e. The van der Waals surface area contributed by atoms with E-state index in [0.29, 0.717) is 6.54 Å². The van der Waals surface area contributed by atoms with Gasteiger partial charge in [0.1, 0.15) is 0 Å². The zero-order valence-corrected chi connectivity index (χ0v) is 11.3. The SMILES string of the molecule is C[C@@H](NCC(=O)NCC1CC1)c1ccccc1Cl. The number of hydrogen-bond acceptors (Lipinski definition) is 2. The van der Waals surface area contributed by atoms with Crippen molar-refractivity contribution in [1.82, 2.24) is 10.6 Å². The molecule has 1 amide bonds. The molecular weight excluding hydrogens is 248 g/mol. The van der Waals surface area contributed by atoms with Crippen LogP contribution >= 0.6 is 11.6 Å². The number of amides is 1. The second-order valence-corrected chi connectivity index (χ2v) is 5.28. The van der Waals surface area contributed by atoms with Gasteiger partial charge < -0.3 is 10.6 Å². The molecule has 1 aromatic carbocycles. The minimum absolute atomic E-state index is 0.0563. The number of hydrogen-bond donors (Lipinski definition) is 2. The number of benzene rings is 1. The molecule has 1 fully saturated rings. The Balaban J connectivity index is 1.75. The van der Waals surface area contributed by atoms with Crippen molar-refractivity contribution in [2.75, 3.05) is 13.1 Å². The summed E-state index contributed by atoms with van der Waals surface area (Å²) in [4.78, 5) is 11.6. The predicted octanol–water partition coefficient (Wildman–Crippen LogP) is 2.52. The van der Waals surface area contributed by atoms with Crippen LogP contribution in [0.5, 0.6) is 0 Å². The van der Waals surface area contributed by atoms with E-state index in [0.717, 1.165) is 23.0 Å². The highest BCUT2D eigenvalue weighted by atomic mass is 35.5. The summed E-state index contributed by atoms with van der Waals surface area (Å²) in [6.07, 6.45) is 2.51. The highest BCUT2D eigenvalue weighted by Crippen LogP contribution is 2.27. The van der Waals surface area contributed by atoms with Gasteiger partial charge >= 0.3 is 0 Å². The van der Waals surface area contributed by atoms with Crippen LogP contribution in [0, 0.1) is 5.92 Å². The Morgan fingerprint density at radius 3 is 2.83 bits per heavy atom. The van der Waals surface area contributed by atoms with Crippen LogP contribution in [-0.4, -0.2) is 19.0 Å². The standard InChI is InChI=1S/C14H19ClN2O/c1-10(12-4-2-3-5-13(12)15)16-9-14(18)17-8-11-6-7-11/h2-5,10-11,16H,6-9H2,1H3,(H,17,18)/t10-/m1/s1. The zero-order chi connectivity index (χ0) is 13.0. The van der Waals surface area contributed by atoms with E-state index in [2.05, 4.69) is 10.6 Å². The maximum atomic E-state index is 11.6. The molecular formula is C14H19ClN2O. The first kappa shape index (κ1) is 13.4. The molecule has 0 unspecified atom stereocenters. The molecule has 1 saturated carbocycles. The van der Waals surface area contributed by atoms with Gasteiger partial charge in [0.05, 0.1) is 6.54 Å². The van der Waals surface area contributed by atoms with Gasteiger partial charge in [-0.3, -0.25) is 4.79 Å². The average Bonchev–Trinajstić information content (AvgIpc) is 3.18. The van der Waals surface area contributed by atoms with Crippen LogP contribution in [0.2, 0.25) is 5.02 Å². The molecule has 2 N–H and O–H groups in total. The lowest BCUT2D eigenvalue weighted by Crippen LogP contribution is -2.36. The van der Waals surface area contributed by atoms with Crippen molar-refractivity contribution in [1.29, 1.82) is 0 Å². The number of rotatable bonds is 6. The van der Waals surface area contributed by atoms with E-state index in [4.69, 9.17) is 11.6 Å². The third kappa shape index (κ3) is 4.00. The lowest BCUT2D eigenvalue weighted by Gasteiger charge is -2.15. The summed E-state index contributed by atoms with van der Waals surface area (Å²) in [6, 6.07) is 7.77. The van der Waals surface area contributed by atoms with Gasteiger partial charge in [-0.05, 0) is 37.3 Å². The fourth-order valence-corrected chi connectivity index (χ4v) is 2.12. The maximum absolute atomic E-state index is 11.6. The maximum Gasteiger partial charge on any atom is 0.233 e. The van der Waals surface area contributed by atoms with Crippen molar-refractivity contribution in [2.24, 2.45) is 5.92 Å². The number of nitrogens with one attached hydrogen (secondary N) is 2. The molecule has 1 aromatic rings. The third-order valence-electron chi connectivity index (χ3n) is 3.23. The second kappa shape index (κ2) is 6.21. The van der Waals surface area contributed by atoms with Gasteiger partial charge in [0.25, 0.3) is 0 Å². The van der Waals surface area contributed by atoms with Crippen molar-refractivity contribution < 1.29 is 4.79 Å². The highest BCUT2D eigenvalue weighted by molar-refractivity contribution is 6.31. The van der Waals surface area contributed by atoms with E-state index >= 15 is 0 Å². The Morgan fingerprint density at radius 1 is 1.44 bits per heavy atom.